The van der Waals surface area contributed by atoms with Crippen molar-refractivity contribution in [1.82, 2.24) is 0 Å². The highest BCUT2D eigenvalue weighted by Crippen LogP contribution is 2.46. The van der Waals surface area contributed by atoms with Gasteiger partial charge in [-0.2, -0.15) is 0 Å². The van der Waals surface area contributed by atoms with Gasteiger partial charge >= 0.3 is 11.9 Å². The third-order valence-corrected chi connectivity index (χ3v) is 13.1. The van der Waals surface area contributed by atoms with E-state index in [1.807, 2.05) is 12.1 Å². The minimum atomic E-state index is -1.00. The molecule has 4 unspecified atom stereocenters. The molecule has 314 valence electrons. The van der Waals surface area contributed by atoms with Gasteiger partial charge < -0.3 is 18.9 Å². The number of ether oxygens (including phenoxy) is 4. The van der Waals surface area contributed by atoms with Crippen molar-refractivity contribution in [2.45, 2.75) is 131 Å². The molecule has 4 aromatic rings. The lowest BCUT2D eigenvalue weighted by molar-refractivity contribution is -0.148. The highest BCUT2D eigenvalue weighted by molar-refractivity contribution is 7.56. The van der Waals surface area contributed by atoms with Crippen LogP contribution in [0.1, 0.15) is 119 Å². The molecule has 0 aromatic heterocycles. The lowest BCUT2D eigenvalue weighted by Crippen LogP contribution is -2.28. The second kappa shape index (κ2) is 18.2. The molecular formula is C48H62Cl2O6P2. The molecule has 0 aliphatic rings. The summed E-state index contributed by atoms with van der Waals surface area (Å²) in [5, 5.41) is 4.62. The minimum absolute atomic E-state index is 0.104. The lowest BCUT2D eigenvalue weighted by atomic mass is 9.81. The van der Waals surface area contributed by atoms with Crippen molar-refractivity contribution >= 4 is 73.5 Å². The largest absolute Gasteiger partial charge is 0.477 e. The molecule has 0 saturated heterocycles. The summed E-state index contributed by atoms with van der Waals surface area (Å²) in [6.07, 6.45) is -2.00. The van der Waals surface area contributed by atoms with Crippen molar-refractivity contribution in [1.29, 1.82) is 0 Å². The molecule has 0 aliphatic heterocycles. The number of hydrogen-bond acceptors (Lipinski definition) is 6. The number of methoxy groups -OCH3 is 2. The molecule has 0 heterocycles. The predicted molar refractivity (Wildman–Crippen MR) is 249 cm³/mol. The van der Waals surface area contributed by atoms with E-state index in [0.29, 0.717) is 21.2 Å². The molecule has 10 heteroatoms. The van der Waals surface area contributed by atoms with E-state index in [-0.39, 0.29) is 50.3 Å². The zero-order chi connectivity index (χ0) is 43.7. The molecule has 0 bridgehead atoms. The van der Waals surface area contributed by atoms with Crippen LogP contribution in [-0.2, 0) is 40.7 Å². The minimum Gasteiger partial charge on any atom is -0.477 e. The van der Waals surface area contributed by atoms with Gasteiger partial charge in [-0.15, -0.1) is 0 Å². The average molecular weight is 868 g/mol. The van der Waals surface area contributed by atoms with E-state index in [4.69, 9.17) is 42.1 Å². The molecule has 0 amide bonds. The molecule has 0 fully saturated rings. The zero-order valence-electron chi connectivity index (χ0n) is 37.1. The van der Waals surface area contributed by atoms with Crippen molar-refractivity contribution < 1.29 is 28.5 Å². The van der Waals surface area contributed by atoms with Gasteiger partial charge in [0.25, 0.3) is 0 Å². The Bertz CT molecular complexity index is 1930. The highest BCUT2D eigenvalue weighted by Gasteiger charge is 2.31. The Labute approximate surface area is 361 Å². The van der Waals surface area contributed by atoms with Gasteiger partial charge in [0.05, 0.1) is 24.3 Å². The van der Waals surface area contributed by atoms with Crippen molar-refractivity contribution in [3.05, 3.63) is 93.0 Å². The number of hydrogen-bond donors (Lipinski definition) is 0. The van der Waals surface area contributed by atoms with Gasteiger partial charge in [-0.25, -0.2) is 9.59 Å². The van der Waals surface area contributed by atoms with Crippen molar-refractivity contribution in [2.24, 2.45) is 0 Å². The van der Waals surface area contributed by atoms with E-state index in [1.165, 1.54) is 36.5 Å². The number of halogens is 2. The lowest BCUT2D eigenvalue weighted by Gasteiger charge is -2.28. The maximum atomic E-state index is 12.9. The third kappa shape index (κ3) is 11.6. The van der Waals surface area contributed by atoms with Crippen LogP contribution in [0.4, 0.5) is 0 Å². The molecule has 0 aliphatic carbocycles. The van der Waals surface area contributed by atoms with Gasteiger partial charge in [0.1, 0.15) is 11.5 Å². The van der Waals surface area contributed by atoms with Crippen LogP contribution in [0.25, 0.3) is 11.1 Å². The number of benzene rings is 4. The first-order valence-electron chi connectivity index (χ1n) is 19.7. The highest BCUT2D eigenvalue weighted by atomic mass is 35.5. The summed E-state index contributed by atoms with van der Waals surface area (Å²) in [4.78, 5) is 25.9. The zero-order valence-corrected chi connectivity index (χ0v) is 40.6. The van der Waals surface area contributed by atoms with E-state index in [2.05, 4.69) is 119 Å². The Hall–Kier alpha value is -3.14. The van der Waals surface area contributed by atoms with E-state index in [1.54, 1.807) is 26.0 Å². The van der Waals surface area contributed by atoms with Crippen LogP contribution in [0.15, 0.2) is 60.7 Å². The summed E-state index contributed by atoms with van der Waals surface area (Å²) in [5.41, 5.74) is 5.73. The summed E-state index contributed by atoms with van der Waals surface area (Å²) in [7, 11) is 2.90. The summed E-state index contributed by atoms with van der Waals surface area (Å²) in [6.45, 7) is 29.9. The Kier molecular flexibility index (Phi) is 14.9. The van der Waals surface area contributed by atoms with Crippen molar-refractivity contribution in [3.63, 3.8) is 0 Å². The Morgan fingerprint density at radius 3 is 1.02 bits per heavy atom. The van der Waals surface area contributed by atoms with Gasteiger partial charge in [-0.3, -0.25) is 0 Å². The first-order chi connectivity index (χ1) is 26.6. The molecule has 0 radical (unpaired) electrons. The molecule has 0 spiro atoms. The van der Waals surface area contributed by atoms with Crippen LogP contribution >= 0.6 is 40.4 Å². The van der Waals surface area contributed by atoms with Crippen LogP contribution in [-0.4, -0.2) is 38.4 Å². The molecule has 4 rings (SSSR count). The fraction of sp³-hybridized carbons (Fsp3) is 0.458. The van der Waals surface area contributed by atoms with Gasteiger partial charge in [-0.1, -0.05) is 172 Å². The second-order valence-corrected chi connectivity index (χ2v) is 22.6. The van der Waals surface area contributed by atoms with Crippen molar-refractivity contribution in [2.75, 3.05) is 14.2 Å². The third-order valence-electron chi connectivity index (χ3n) is 10.0. The fourth-order valence-electron chi connectivity index (χ4n) is 6.27. The number of rotatable bonds is 11. The van der Waals surface area contributed by atoms with Gasteiger partial charge in [-0.05, 0) is 91.1 Å². The molecule has 4 aromatic carbocycles. The first-order valence-corrected chi connectivity index (χ1v) is 22.4. The quantitative estimate of drug-likeness (QED) is 0.110. The predicted octanol–water partition coefficient (Wildman–Crippen LogP) is 11.0. The maximum absolute atomic E-state index is 12.9. The first kappa shape index (κ1) is 47.5. The second-order valence-electron chi connectivity index (χ2n) is 19.0. The smallest absolute Gasteiger partial charge is 0.346 e. The summed E-state index contributed by atoms with van der Waals surface area (Å²) < 4.78 is 23.3. The number of carbonyl (C=O) groups is 2. The van der Waals surface area contributed by atoms with E-state index < -0.39 is 24.1 Å². The van der Waals surface area contributed by atoms with Gasteiger partial charge in [0, 0.05) is 11.1 Å². The average Bonchev–Trinajstić information content (AvgIpc) is 3.12. The Balaban J connectivity index is 2.18. The fourth-order valence-corrected chi connectivity index (χ4v) is 9.27. The van der Waals surface area contributed by atoms with Crippen LogP contribution in [0.3, 0.4) is 0 Å². The molecule has 0 N–H and O–H groups in total. The van der Waals surface area contributed by atoms with Crippen LogP contribution in [0.2, 0.25) is 10.0 Å². The molecule has 58 heavy (non-hydrogen) atoms. The molecule has 0 saturated carbocycles. The monoisotopic (exact) mass is 866 g/mol. The van der Waals surface area contributed by atoms with E-state index >= 15 is 0 Å². The molecule has 4 atom stereocenters. The SMILES string of the molecule is COC(=O)C(C)Oc1c(Cl)ccc(Pc2cc(C(C)(C)C)cc(C(C)(C)C)c2)c1-c1c(Pc2cc(C(C)(C)C)cc(C(C)(C)C)c2)ccc(Cl)c1OC(C)C(=O)OC. The Morgan fingerprint density at radius 1 is 0.500 bits per heavy atom. The number of carbonyl (C=O) groups excluding carboxylic acids is 2. The van der Waals surface area contributed by atoms with Crippen LogP contribution in [0, 0.1) is 0 Å². The Morgan fingerprint density at radius 2 is 0.776 bits per heavy atom. The summed E-state index contributed by atoms with van der Waals surface area (Å²) in [6, 6.07) is 21.3. The van der Waals surface area contributed by atoms with Crippen LogP contribution < -0.4 is 30.7 Å². The standard InChI is InChI=1S/C48H62Cl2O6P2/c1-27(43(51)53-15)55-41-35(49)17-19-37(57-33-23-29(45(3,4)5)21-30(24-33)46(6,7)8)39(41)40-38(20-18-36(50)42(40)56-28(2)44(52)54-16)58-34-25-31(47(9,10)11)22-32(26-34)48(12,13)14/h17-28,57-58H,1-16H3. The van der Waals surface area contributed by atoms with Gasteiger partial charge in [0.2, 0.25) is 0 Å². The van der Waals surface area contributed by atoms with Crippen LogP contribution in [0.5, 0.6) is 11.5 Å². The van der Waals surface area contributed by atoms with E-state index in [9.17, 15) is 9.59 Å². The maximum Gasteiger partial charge on any atom is 0.346 e. The summed E-state index contributed by atoms with van der Waals surface area (Å²) >= 11 is 14.2. The normalized spacial score (nSPS) is 13.9. The topological polar surface area (TPSA) is 71.1 Å². The van der Waals surface area contributed by atoms with Gasteiger partial charge in [0.15, 0.2) is 12.2 Å². The molecule has 6 nitrogen and oxygen atoms in total. The van der Waals surface area contributed by atoms with E-state index in [0.717, 1.165) is 21.2 Å². The summed E-state index contributed by atoms with van der Waals surface area (Å²) in [5.74, 6) is -0.536. The van der Waals surface area contributed by atoms with Crippen molar-refractivity contribution in [3.8, 4) is 22.6 Å². The molecular weight excluding hydrogens is 805 g/mol. The number of esters is 2.